The molecule has 1 N–H and O–H groups in total. The van der Waals surface area contributed by atoms with Crippen molar-refractivity contribution in [1.29, 1.82) is 0 Å². The lowest BCUT2D eigenvalue weighted by atomic mass is 10.4. The lowest BCUT2D eigenvalue weighted by molar-refractivity contribution is 0.0520. The highest BCUT2D eigenvalue weighted by Gasteiger charge is 2.18. The van der Waals surface area contributed by atoms with E-state index in [1.54, 1.807) is 0 Å². The molecule has 0 saturated heterocycles. The first-order valence-corrected chi connectivity index (χ1v) is 5.85. The quantitative estimate of drug-likeness (QED) is 0.877. The number of hydrogen-bond donors (Lipinski definition) is 1. The number of carbonyl (C=O) groups is 1. The van der Waals surface area contributed by atoms with Gasteiger partial charge in [-0.3, -0.25) is 4.79 Å². The Morgan fingerprint density at radius 2 is 2.30 bits per heavy atom. The van der Waals surface area contributed by atoms with E-state index in [9.17, 15) is 13.6 Å². The fourth-order valence-electron chi connectivity index (χ4n) is 1.53. The summed E-state index contributed by atoms with van der Waals surface area (Å²) in [5.41, 5.74) is 0.161. The molecule has 108 valence electrons. The first-order valence-electron chi connectivity index (χ1n) is 5.85. The number of rotatable bonds is 6. The van der Waals surface area contributed by atoms with Gasteiger partial charge in [0.1, 0.15) is 12.4 Å². The summed E-state index contributed by atoms with van der Waals surface area (Å²) in [6.45, 7) is -0.236. The van der Waals surface area contributed by atoms with E-state index >= 15 is 0 Å². The number of nitrogens with one attached hydrogen (secondary N) is 1. The highest BCUT2D eigenvalue weighted by atomic mass is 19.3. The van der Waals surface area contributed by atoms with Crippen LogP contribution in [0.3, 0.4) is 0 Å². The van der Waals surface area contributed by atoms with Crippen LogP contribution in [-0.2, 0) is 11.5 Å². The third kappa shape index (κ3) is 3.18. The van der Waals surface area contributed by atoms with Gasteiger partial charge in [-0.2, -0.15) is 23.7 Å². The van der Waals surface area contributed by atoms with E-state index in [0.717, 1.165) is 6.20 Å². The van der Waals surface area contributed by atoms with Crippen molar-refractivity contribution in [3.8, 4) is 0 Å². The second kappa shape index (κ2) is 6.24. The van der Waals surface area contributed by atoms with Gasteiger partial charge < -0.3 is 10.1 Å². The van der Waals surface area contributed by atoms with Crippen molar-refractivity contribution >= 4 is 11.6 Å². The summed E-state index contributed by atoms with van der Waals surface area (Å²) in [7, 11) is 0. The highest BCUT2D eigenvalue weighted by Crippen LogP contribution is 2.14. The molecule has 20 heavy (non-hydrogen) atoms. The van der Waals surface area contributed by atoms with Gasteiger partial charge in [-0.25, -0.2) is 4.68 Å². The number of anilines is 1. The molecule has 0 aromatic carbocycles. The van der Waals surface area contributed by atoms with Crippen LogP contribution >= 0.6 is 0 Å². The first-order chi connectivity index (χ1) is 9.61. The van der Waals surface area contributed by atoms with Crippen molar-refractivity contribution in [3.63, 3.8) is 0 Å². The largest absolute Gasteiger partial charge is 0.360 e. The standard InChI is InChI=1S/C11H13F2N5O2/c1-2-20-7-17-6-8(5-15-17)16-10(19)9-3-4-14-18(9)11(12)13/h3-6,11H,2,7H2,1H3,(H,16,19). The van der Waals surface area contributed by atoms with Crippen LogP contribution in [0, 0.1) is 0 Å². The minimum Gasteiger partial charge on any atom is -0.360 e. The first kappa shape index (κ1) is 14.1. The van der Waals surface area contributed by atoms with Crippen LogP contribution in [0.25, 0.3) is 0 Å². The molecule has 0 saturated carbocycles. The maximum absolute atomic E-state index is 12.6. The molecule has 2 aromatic rings. The zero-order valence-corrected chi connectivity index (χ0v) is 10.7. The number of aromatic nitrogens is 4. The monoisotopic (exact) mass is 285 g/mol. The van der Waals surface area contributed by atoms with Gasteiger partial charge in [-0.1, -0.05) is 0 Å². The Kier molecular flexibility index (Phi) is 4.41. The Hall–Kier alpha value is -2.29. The average Bonchev–Trinajstić information content (AvgIpc) is 3.04. The normalized spacial score (nSPS) is 11.0. The van der Waals surface area contributed by atoms with E-state index in [-0.39, 0.29) is 12.4 Å². The molecule has 0 unspecified atom stereocenters. The molecule has 0 bridgehead atoms. The predicted molar refractivity (Wildman–Crippen MR) is 65.3 cm³/mol. The summed E-state index contributed by atoms with van der Waals surface area (Å²) >= 11 is 0. The van der Waals surface area contributed by atoms with Crippen LogP contribution < -0.4 is 5.32 Å². The SMILES string of the molecule is CCOCn1cc(NC(=O)c2ccnn2C(F)F)cn1. The molecule has 0 fully saturated rings. The van der Waals surface area contributed by atoms with Gasteiger partial charge in [0.2, 0.25) is 0 Å². The van der Waals surface area contributed by atoms with E-state index in [4.69, 9.17) is 4.74 Å². The van der Waals surface area contributed by atoms with Gasteiger partial charge in [0.15, 0.2) is 0 Å². The Morgan fingerprint density at radius 1 is 1.50 bits per heavy atom. The molecular weight excluding hydrogens is 272 g/mol. The van der Waals surface area contributed by atoms with Gasteiger partial charge >= 0.3 is 6.55 Å². The average molecular weight is 285 g/mol. The zero-order chi connectivity index (χ0) is 14.5. The highest BCUT2D eigenvalue weighted by molar-refractivity contribution is 6.02. The number of alkyl halides is 2. The molecule has 2 heterocycles. The Labute approximate surface area is 113 Å². The molecule has 0 spiro atoms. The summed E-state index contributed by atoms with van der Waals surface area (Å²) in [4.78, 5) is 11.9. The minimum atomic E-state index is -2.87. The van der Waals surface area contributed by atoms with Crippen LogP contribution in [0.4, 0.5) is 14.5 Å². The molecule has 7 nitrogen and oxygen atoms in total. The Balaban J connectivity index is 2.04. The van der Waals surface area contributed by atoms with Gasteiger partial charge in [0, 0.05) is 12.8 Å². The topological polar surface area (TPSA) is 74.0 Å². The lowest BCUT2D eigenvalue weighted by Crippen LogP contribution is -2.18. The second-order valence-electron chi connectivity index (χ2n) is 3.78. The minimum absolute atomic E-state index is 0.224. The molecular formula is C11H13F2N5O2. The van der Waals surface area contributed by atoms with E-state index < -0.39 is 12.5 Å². The van der Waals surface area contributed by atoms with Crippen LogP contribution in [-0.4, -0.2) is 32.1 Å². The zero-order valence-electron chi connectivity index (χ0n) is 10.7. The molecule has 2 aromatic heterocycles. The fourth-order valence-corrected chi connectivity index (χ4v) is 1.53. The van der Waals surface area contributed by atoms with Crippen molar-refractivity contribution in [2.75, 3.05) is 11.9 Å². The number of hydrogen-bond acceptors (Lipinski definition) is 4. The number of halogens is 2. The Bertz CT molecular complexity index is 581. The van der Waals surface area contributed by atoms with Crippen molar-refractivity contribution in [3.05, 3.63) is 30.4 Å². The van der Waals surface area contributed by atoms with E-state index in [1.807, 2.05) is 6.92 Å². The summed E-state index contributed by atoms with van der Waals surface area (Å²) in [5, 5.41) is 9.81. The summed E-state index contributed by atoms with van der Waals surface area (Å²) in [6.07, 6.45) is 4.08. The maximum Gasteiger partial charge on any atom is 0.333 e. The van der Waals surface area contributed by atoms with Gasteiger partial charge in [0.05, 0.1) is 18.1 Å². The Morgan fingerprint density at radius 3 is 3.00 bits per heavy atom. The molecule has 0 atom stereocenters. The van der Waals surface area contributed by atoms with E-state index in [2.05, 4.69) is 15.5 Å². The van der Waals surface area contributed by atoms with Gasteiger partial charge in [0.25, 0.3) is 5.91 Å². The summed E-state index contributed by atoms with van der Waals surface area (Å²) < 4.78 is 32.1. The van der Waals surface area contributed by atoms with Crippen molar-refractivity contribution < 1.29 is 18.3 Å². The summed E-state index contributed by atoms with van der Waals surface area (Å²) in [5.74, 6) is -0.682. The molecule has 0 aliphatic rings. The maximum atomic E-state index is 12.6. The van der Waals surface area contributed by atoms with Crippen LogP contribution in [0.15, 0.2) is 24.7 Å². The van der Waals surface area contributed by atoms with Crippen LogP contribution in [0.5, 0.6) is 0 Å². The molecule has 9 heteroatoms. The predicted octanol–water partition coefficient (Wildman–Crippen LogP) is 1.72. The van der Waals surface area contributed by atoms with Crippen LogP contribution in [0.2, 0.25) is 0 Å². The number of nitrogens with zero attached hydrogens (tertiary/aromatic N) is 4. The molecule has 2 rings (SSSR count). The van der Waals surface area contributed by atoms with Crippen LogP contribution in [0.1, 0.15) is 24.0 Å². The summed E-state index contributed by atoms with van der Waals surface area (Å²) in [6, 6.07) is 1.21. The lowest BCUT2D eigenvalue weighted by Gasteiger charge is -2.05. The number of ether oxygens (including phenoxy) is 1. The fraction of sp³-hybridized carbons (Fsp3) is 0.364. The second-order valence-corrected chi connectivity index (χ2v) is 3.78. The molecule has 0 aliphatic carbocycles. The number of amides is 1. The smallest absolute Gasteiger partial charge is 0.333 e. The third-order valence-electron chi connectivity index (χ3n) is 2.41. The van der Waals surface area contributed by atoms with Crippen molar-refractivity contribution in [2.45, 2.75) is 20.2 Å². The number of carbonyl (C=O) groups excluding carboxylic acids is 1. The molecule has 0 radical (unpaired) electrons. The molecule has 0 aliphatic heterocycles. The van der Waals surface area contributed by atoms with Gasteiger partial charge in [-0.05, 0) is 13.0 Å². The third-order valence-corrected chi connectivity index (χ3v) is 2.41. The van der Waals surface area contributed by atoms with Crippen molar-refractivity contribution in [2.24, 2.45) is 0 Å². The van der Waals surface area contributed by atoms with E-state index in [0.29, 0.717) is 17.0 Å². The van der Waals surface area contributed by atoms with Crippen molar-refractivity contribution in [1.82, 2.24) is 19.6 Å². The van der Waals surface area contributed by atoms with Gasteiger partial charge in [-0.15, -0.1) is 0 Å². The molecule has 1 amide bonds. The van der Waals surface area contributed by atoms with E-state index in [1.165, 1.54) is 23.1 Å².